The number of hydrogen-bond acceptors (Lipinski definition) is 4. The lowest BCUT2D eigenvalue weighted by Gasteiger charge is -2.23. The van der Waals surface area contributed by atoms with E-state index in [0.29, 0.717) is 6.42 Å². The third-order valence-corrected chi connectivity index (χ3v) is 2.48. The molecule has 2 N–H and O–H groups in total. The number of amides is 2. The number of ketones is 1. The fourth-order valence-corrected chi connectivity index (χ4v) is 1.51. The number of hydrogen-bond donors (Lipinski definition) is 2. The second-order valence-electron chi connectivity index (χ2n) is 5.99. The van der Waals surface area contributed by atoms with Crippen LogP contribution in [0.2, 0.25) is 0 Å². The molecule has 9 heteroatoms. The Bertz CT molecular complexity index is 431. The summed E-state index contributed by atoms with van der Waals surface area (Å²) in [5.74, 6) is -2.52. The molecule has 0 saturated carbocycles. The molecule has 1 atom stereocenters. The Balaban J connectivity index is 4.89. The van der Waals surface area contributed by atoms with Crippen molar-refractivity contribution in [2.75, 3.05) is 6.54 Å². The average molecular weight is 340 g/mol. The highest BCUT2D eigenvalue weighted by Gasteiger charge is 2.39. The Hall–Kier alpha value is -1.80. The summed E-state index contributed by atoms with van der Waals surface area (Å²) < 4.78 is 42.5. The molecule has 134 valence electrons. The number of nitrogens with one attached hydrogen (secondary N) is 2. The minimum absolute atomic E-state index is 0.173. The van der Waals surface area contributed by atoms with E-state index in [4.69, 9.17) is 4.74 Å². The summed E-state index contributed by atoms with van der Waals surface area (Å²) in [5, 5.41) is 4.03. The maximum absolute atomic E-state index is 12.5. The largest absolute Gasteiger partial charge is 0.444 e. The topological polar surface area (TPSA) is 84.5 Å². The normalized spacial score (nSPS) is 13.2. The Morgan fingerprint density at radius 1 is 1.13 bits per heavy atom. The lowest BCUT2D eigenvalue weighted by atomic mass is 10.1. The van der Waals surface area contributed by atoms with E-state index in [1.165, 1.54) is 20.8 Å². The van der Waals surface area contributed by atoms with E-state index >= 15 is 0 Å². The molecule has 23 heavy (non-hydrogen) atoms. The summed E-state index contributed by atoms with van der Waals surface area (Å²) in [4.78, 5) is 35.0. The Labute approximate surface area is 133 Å². The first-order valence-corrected chi connectivity index (χ1v) is 7.24. The third-order valence-electron chi connectivity index (χ3n) is 2.48. The van der Waals surface area contributed by atoms with Gasteiger partial charge in [-0.3, -0.25) is 9.59 Å². The molecule has 6 nitrogen and oxygen atoms in total. The summed E-state index contributed by atoms with van der Waals surface area (Å²) in [6.07, 6.45) is -6.23. The van der Waals surface area contributed by atoms with Gasteiger partial charge in [-0.1, -0.05) is 13.3 Å². The summed E-state index contributed by atoms with van der Waals surface area (Å²) in [7, 11) is 0. The number of alkyl carbamates (subject to hydrolysis) is 1. The van der Waals surface area contributed by atoms with E-state index in [9.17, 15) is 27.6 Å². The van der Waals surface area contributed by atoms with Crippen molar-refractivity contribution in [2.45, 2.75) is 64.8 Å². The lowest BCUT2D eigenvalue weighted by molar-refractivity contribution is -0.152. The second-order valence-corrected chi connectivity index (χ2v) is 5.99. The Morgan fingerprint density at radius 2 is 1.70 bits per heavy atom. The number of carbonyl (C=O) groups excluding carboxylic acids is 3. The number of halogens is 3. The monoisotopic (exact) mass is 340 g/mol. The number of unbranched alkanes of at least 4 members (excludes halogenated alkanes) is 1. The van der Waals surface area contributed by atoms with Gasteiger partial charge in [-0.25, -0.2) is 4.79 Å². The molecule has 0 rings (SSSR count). The summed E-state index contributed by atoms with van der Waals surface area (Å²) in [6, 6.07) is -2.02. The molecule has 0 aromatic carbocycles. The molecule has 0 spiro atoms. The van der Waals surface area contributed by atoms with Crippen molar-refractivity contribution >= 4 is 17.8 Å². The third kappa shape index (κ3) is 10.5. The zero-order chi connectivity index (χ0) is 18.3. The van der Waals surface area contributed by atoms with E-state index in [2.05, 4.69) is 5.32 Å². The van der Waals surface area contributed by atoms with Crippen LogP contribution in [0.25, 0.3) is 0 Å². The molecule has 0 saturated heterocycles. The minimum atomic E-state index is -4.72. The van der Waals surface area contributed by atoms with E-state index in [0.717, 1.165) is 6.42 Å². The summed E-state index contributed by atoms with van der Waals surface area (Å²) in [5.41, 5.74) is -0.945. The van der Waals surface area contributed by atoms with Crippen LogP contribution in [0.4, 0.5) is 18.0 Å². The predicted molar refractivity (Wildman–Crippen MR) is 76.8 cm³/mol. The average Bonchev–Trinajstić information content (AvgIpc) is 2.33. The van der Waals surface area contributed by atoms with Crippen molar-refractivity contribution in [1.29, 1.82) is 0 Å². The number of alkyl halides is 3. The lowest BCUT2D eigenvalue weighted by Crippen LogP contribution is -2.50. The van der Waals surface area contributed by atoms with Gasteiger partial charge in [-0.15, -0.1) is 0 Å². The maximum Gasteiger partial charge on any atom is 0.408 e. The number of ether oxygens (including phenoxy) is 1. The van der Waals surface area contributed by atoms with Gasteiger partial charge in [0.15, 0.2) is 0 Å². The molecule has 0 aromatic rings. The van der Waals surface area contributed by atoms with Crippen LogP contribution < -0.4 is 10.6 Å². The first kappa shape index (κ1) is 21.2. The molecular weight excluding hydrogens is 317 g/mol. The van der Waals surface area contributed by atoms with E-state index in [-0.39, 0.29) is 6.54 Å². The molecule has 0 radical (unpaired) electrons. The minimum Gasteiger partial charge on any atom is -0.444 e. The fraction of sp³-hybridized carbons (Fsp3) is 0.786. The van der Waals surface area contributed by atoms with Crippen molar-refractivity contribution in [3.8, 4) is 0 Å². The molecule has 0 fully saturated rings. The Morgan fingerprint density at radius 3 is 2.13 bits per heavy atom. The van der Waals surface area contributed by atoms with Gasteiger partial charge in [-0.2, -0.15) is 13.2 Å². The van der Waals surface area contributed by atoms with Crippen LogP contribution in [0.1, 0.15) is 47.0 Å². The van der Waals surface area contributed by atoms with Crippen LogP contribution in [0, 0.1) is 0 Å². The van der Waals surface area contributed by atoms with Gasteiger partial charge in [-0.05, 0) is 27.2 Å². The van der Waals surface area contributed by atoms with Crippen LogP contribution in [0.15, 0.2) is 0 Å². The van der Waals surface area contributed by atoms with Crippen LogP contribution in [-0.2, 0) is 14.3 Å². The molecule has 0 heterocycles. The highest BCUT2D eigenvalue weighted by Crippen LogP contribution is 2.22. The summed E-state index contributed by atoms with van der Waals surface area (Å²) in [6.45, 7) is 6.58. The molecule has 1 unspecified atom stereocenters. The highest BCUT2D eigenvalue weighted by molar-refractivity contribution is 6.38. The molecule has 2 amide bonds. The molecule has 0 bridgehead atoms. The summed E-state index contributed by atoms with van der Waals surface area (Å²) >= 11 is 0. The number of rotatable bonds is 7. The molecule has 0 aliphatic rings. The van der Waals surface area contributed by atoms with Crippen LogP contribution in [-0.4, -0.2) is 42.1 Å². The zero-order valence-corrected chi connectivity index (χ0v) is 13.7. The van der Waals surface area contributed by atoms with Crippen molar-refractivity contribution in [3.05, 3.63) is 0 Å². The fourth-order valence-electron chi connectivity index (χ4n) is 1.51. The molecule has 0 aliphatic heterocycles. The van der Waals surface area contributed by atoms with E-state index < -0.39 is 42.0 Å². The van der Waals surface area contributed by atoms with Gasteiger partial charge >= 0.3 is 12.3 Å². The van der Waals surface area contributed by atoms with E-state index in [1.807, 2.05) is 12.2 Å². The van der Waals surface area contributed by atoms with Gasteiger partial charge in [0.2, 0.25) is 5.78 Å². The molecule has 0 aromatic heterocycles. The maximum atomic E-state index is 12.5. The highest BCUT2D eigenvalue weighted by atomic mass is 19.4. The second kappa shape index (κ2) is 8.73. The standard InChI is InChI=1S/C14H23F3N2O4/c1-5-6-7-18-11(21)10(20)9(8-14(15,16)17)19-12(22)23-13(2,3)4/h9H,5-8H2,1-4H3,(H,18,21)(H,19,22). The first-order valence-electron chi connectivity index (χ1n) is 7.24. The molecular formula is C14H23F3N2O4. The van der Waals surface area contributed by atoms with Gasteiger partial charge in [0, 0.05) is 6.54 Å². The van der Waals surface area contributed by atoms with E-state index in [1.54, 1.807) is 0 Å². The molecule has 0 aliphatic carbocycles. The van der Waals surface area contributed by atoms with Crippen molar-refractivity contribution in [2.24, 2.45) is 0 Å². The van der Waals surface area contributed by atoms with Crippen LogP contribution >= 0.6 is 0 Å². The zero-order valence-electron chi connectivity index (χ0n) is 13.7. The first-order chi connectivity index (χ1) is 10.4. The van der Waals surface area contributed by atoms with Gasteiger partial charge in [0.1, 0.15) is 11.6 Å². The quantitative estimate of drug-likeness (QED) is 0.550. The van der Waals surface area contributed by atoms with Gasteiger partial charge < -0.3 is 15.4 Å². The van der Waals surface area contributed by atoms with Gasteiger partial charge in [0.25, 0.3) is 5.91 Å². The smallest absolute Gasteiger partial charge is 0.408 e. The van der Waals surface area contributed by atoms with Crippen molar-refractivity contribution in [1.82, 2.24) is 10.6 Å². The van der Waals surface area contributed by atoms with Crippen LogP contribution in [0.3, 0.4) is 0 Å². The predicted octanol–water partition coefficient (Wildman–Crippen LogP) is 2.32. The SMILES string of the molecule is CCCCNC(=O)C(=O)C(CC(F)(F)F)NC(=O)OC(C)(C)C. The number of carbonyl (C=O) groups is 3. The van der Waals surface area contributed by atoms with Gasteiger partial charge in [0.05, 0.1) is 6.42 Å². The van der Waals surface area contributed by atoms with Crippen LogP contribution in [0.5, 0.6) is 0 Å². The Kier molecular flexibility index (Phi) is 8.05. The number of Topliss-reactive ketones (excluding diaryl/α,β-unsaturated/α-hetero) is 1. The van der Waals surface area contributed by atoms with Crippen molar-refractivity contribution < 1.29 is 32.3 Å². The van der Waals surface area contributed by atoms with Crippen molar-refractivity contribution in [3.63, 3.8) is 0 Å².